The number of hydrogen-bond acceptors (Lipinski definition) is 4. The normalized spacial score (nSPS) is 16.0. The number of para-hydroxylation sites is 1. The minimum atomic E-state index is -0.690. The maximum absolute atomic E-state index is 14.6. The number of carbonyl (C=O) groups is 1. The Morgan fingerprint density at radius 3 is 2.60 bits per heavy atom. The molecule has 6 heteroatoms. The number of methoxy groups -OCH3 is 1. The Morgan fingerprint density at radius 1 is 1.23 bits per heavy atom. The zero-order chi connectivity index (χ0) is 21.6. The Balaban J connectivity index is 1.78. The third-order valence-electron chi connectivity index (χ3n) is 5.53. The molecule has 1 N–H and O–H groups in total. The summed E-state index contributed by atoms with van der Waals surface area (Å²) in [5.41, 5.74) is 0.884. The lowest BCUT2D eigenvalue weighted by atomic mass is 9.80. The van der Waals surface area contributed by atoms with E-state index in [1.54, 1.807) is 25.3 Å². The molecule has 3 rings (SSSR count). The molecular formula is C24H29FN2O3. The van der Waals surface area contributed by atoms with Crippen LogP contribution in [0.25, 0.3) is 0 Å². The van der Waals surface area contributed by atoms with Gasteiger partial charge in [0.1, 0.15) is 12.4 Å². The molecule has 0 bridgehead atoms. The maximum atomic E-state index is 14.6. The van der Waals surface area contributed by atoms with Gasteiger partial charge in [0.25, 0.3) is 0 Å². The van der Waals surface area contributed by atoms with Crippen molar-refractivity contribution in [2.45, 2.75) is 31.8 Å². The third-order valence-corrected chi connectivity index (χ3v) is 5.53. The third kappa shape index (κ3) is 4.82. The van der Waals surface area contributed by atoms with E-state index in [0.29, 0.717) is 56.1 Å². The van der Waals surface area contributed by atoms with Crippen LogP contribution in [0.4, 0.5) is 4.39 Å². The van der Waals surface area contributed by atoms with Crippen molar-refractivity contribution in [3.05, 3.63) is 72.1 Å². The number of halogens is 1. The number of nitrogens with zero attached hydrogens (tertiary/aromatic N) is 1. The van der Waals surface area contributed by atoms with Gasteiger partial charge in [0.05, 0.1) is 12.6 Å². The average molecular weight is 413 g/mol. The van der Waals surface area contributed by atoms with E-state index in [4.69, 9.17) is 9.47 Å². The molecule has 0 radical (unpaired) electrons. The number of likely N-dealkylation sites (tertiary alicyclic amines) is 1. The van der Waals surface area contributed by atoms with E-state index in [0.717, 1.165) is 5.56 Å². The Morgan fingerprint density at radius 2 is 1.97 bits per heavy atom. The lowest BCUT2D eigenvalue weighted by Crippen LogP contribution is -2.52. The van der Waals surface area contributed by atoms with Crippen molar-refractivity contribution >= 4 is 5.91 Å². The molecular weight excluding hydrogens is 383 g/mol. The van der Waals surface area contributed by atoms with Gasteiger partial charge in [0.15, 0.2) is 11.5 Å². The fourth-order valence-electron chi connectivity index (χ4n) is 4.13. The highest BCUT2D eigenvalue weighted by atomic mass is 19.1. The molecule has 1 aliphatic rings. The molecule has 0 spiro atoms. The van der Waals surface area contributed by atoms with Crippen LogP contribution >= 0.6 is 0 Å². The van der Waals surface area contributed by atoms with Gasteiger partial charge in [-0.2, -0.15) is 0 Å². The molecule has 5 nitrogen and oxygen atoms in total. The highest BCUT2D eigenvalue weighted by Crippen LogP contribution is 2.37. The fourth-order valence-corrected chi connectivity index (χ4v) is 4.13. The van der Waals surface area contributed by atoms with Gasteiger partial charge in [-0.15, -0.1) is 0 Å². The van der Waals surface area contributed by atoms with Gasteiger partial charge in [0.2, 0.25) is 5.91 Å². The first-order valence-corrected chi connectivity index (χ1v) is 10.1. The van der Waals surface area contributed by atoms with Crippen LogP contribution in [0, 0.1) is 5.82 Å². The summed E-state index contributed by atoms with van der Waals surface area (Å²) in [6.07, 6.45) is 2.95. The molecule has 160 valence electrons. The van der Waals surface area contributed by atoms with E-state index in [1.165, 1.54) is 13.0 Å². The molecule has 1 heterocycles. The molecule has 1 aliphatic heterocycles. The number of rotatable bonds is 8. The van der Waals surface area contributed by atoms with Crippen molar-refractivity contribution in [2.75, 3.05) is 26.8 Å². The Hall–Kier alpha value is -2.86. The molecule has 1 amide bonds. The predicted molar refractivity (Wildman–Crippen MR) is 115 cm³/mol. The minimum Gasteiger partial charge on any atom is -0.493 e. The van der Waals surface area contributed by atoms with Crippen LogP contribution in [0.5, 0.6) is 11.5 Å². The second kappa shape index (κ2) is 9.76. The van der Waals surface area contributed by atoms with Gasteiger partial charge < -0.3 is 14.8 Å². The molecule has 0 aromatic heterocycles. The Kier molecular flexibility index (Phi) is 7.11. The van der Waals surface area contributed by atoms with Crippen molar-refractivity contribution in [2.24, 2.45) is 0 Å². The molecule has 2 aromatic carbocycles. The Labute approximate surface area is 177 Å². The van der Waals surface area contributed by atoms with Crippen molar-refractivity contribution in [1.29, 1.82) is 0 Å². The lowest BCUT2D eigenvalue weighted by Gasteiger charge is -2.43. The topological polar surface area (TPSA) is 50.8 Å². The Bertz CT molecular complexity index is 892. The monoisotopic (exact) mass is 412 g/mol. The smallest absolute Gasteiger partial charge is 0.217 e. The van der Waals surface area contributed by atoms with Crippen LogP contribution in [0.3, 0.4) is 0 Å². The number of amides is 1. The summed E-state index contributed by atoms with van der Waals surface area (Å²) in [5.74, 6) is 0.963. The van der Waals surface area contributed by atoms with E-state index in [9.17, 15) is 9.18 Å². The second-order valence-electron chi connectivity index (χ2n) is 7.57. The van der Waals surface area contributed by atoms with Gasteiger partial charge >= 0.3 is 0 Å². The first-order chi connectivity index (χ1) is 14.5. The number of hydrogen-bond donors (Lipinski definition) is 1. The highest BCUT2D eigenvalue weighted by molar-refractivity contribution is 5.74. The lowest BCUT2D eigenvalue weighted by molar-refractivity contribution is -0.121. The number of piperidine rings is 1. The fraction of sp³-hybridized carbons (Fsp3) is 0.375. The molecule has 0 unspecified atom stereocenters. The van der Waals surface area contributed by atoms with Crippen LogP contribution in [0.2, 0.25) is 0 Å². The van der Waals surface area contributed by atoms with Gasteiger partial charge in [-0.1, -0.05) is 43.0 Å². The van der Waals surface area contributed by atoms with E-state index in [1.807, 2.05) is 24.3 Å². The van der Waals surface area contributed by atoms with Gasteiger partial charge in [-0.05, 0) is 25.0 Å². The molecule has 1 fully saturated rings. The number of benzene rings is 2. The number of nitrogens with one attached hydrogen (secondary N) is 1. The molecule has 2 aromatic rings. The second-order valence-corrected chi connectivity index (χ2v) is 7.57. The van der Waals surface area contributed by atoms with E-state index < -0.39 is 5.54 Å². The molecule has 0 atom stereocenters. The summed E-state index contributed by atoms with van der Waals surface area (Å²) in [6, 6.07) is 12.5. The largest absolute Gasteiger partial charge is 0.493 e. The van der Waals surface area contributed by atoms with Gasteiger partial charge in [-0.3, -0.25) is 9.69 Å². The zero-order valence-electron chi connectivity index (χ0n) is 17.6. The van der Waals surface area contributed by atoms with Crippen molar-refractivity contribution < 1.29 is 18.7 Å². The summed E-state index contributed by atoms with van der Waals surface area (Å²) in [6.45, 7) is 7.69. The molecule has 1 saturated heterocycles. The van der Waals surface area contributed by atoms with Gasteiger partial charge in [0, 0.05) is 37.7 Å². The molecule has 0 aliphatic carbocycles. The van der Waals surface area contributed by atoms with Crippen LogP contribution in [0.1, 0.15) is 30.9 Å². The zero-order valence-corrected chi connectivity index (χ0v) is 17.6. The first kappa shape index (κ1) is 21.8. The highest BCUT2D eigenvalue weighted by Gasteiger charge is 2.38. The quantitative estimate of drug-likeness (QED) is 0.666. The van der Waals surface area contributed by atoms with E-state index in [-0.39, 0.29) is 11.7 Å². The number of carbonyl (C=O) groups excluding carboxylic acids is 1. The van der Waals surface area contributed by atoms with Crippen molar-refractivity contribution in [3.63, 3.8) is 0 Å². The maximum Gasteiger partial charge on any atom is 0.217 e. The average Bonchev–Trinajstić information content (AvgIpc) is 2.74. The summed E-state index contributed by atoms with van der Waals surface area (Å²) in [5, 5.41) is 3.03. The molecule has 0 saturated carbocycles. The first-order valence-electron chi connectivity index (χ1n) is 10.1. The van der Waals surface area contributed by atoms with E-state index in [2.05, 4.69) is 16.8 Å². The van der Waals surface area contributed by atoms with Crippen molar-refractivity contribution in [3.8, 4) is 11.5 Å². The van der Waals surface area contributed by atoms with Crippen molar-refractivity contribution in [1.82, 2.24) is 10.2 Å². The number of ether oxygens (including phenoxy) is 2. The van der Waals surface area contributed by atoms with Gasteiger partial charge in [-0.25, -0.2) is 4.39 Å². The molecule has 30 heavy (non-hydrogen) atoms. The summed E-state index contributed by atoms with van der Waals surface area (Å²) >= 11 is 0. The predicted octanol–water partition coefficient (Wildman–Crippen LogP) is 4.03. The van der Waals surface area contributed by atoms with Crippen LogP contribution < -0.4 is 14.8 Å². The van der Waals surface area contributed by atoms with Crippen LogP contribution in [0.15, 0.2) is 55.1 Å². The standard InChI is InChI=1S/C24H29FN2O3/c1-4-16-30-23-19(8-7-11-22(23)29-3)17-27-14-12-24(13-15-27,26-18(2)28)20-9-5-6-10-21(20)25/h4-11H,1,12-17H2,2-3H3,(H,26,28). The minimum absolute atomic E-state index is 0.153. The van der Waals surface area contributed by atoms with E-state index >= 15 is 0 Å². The van der Waals surface area contributed by atoms with Crippen LogP contribution in [-0.4, -0.2) is 37.6 Å². The summed E-state index contributed by atoms with van der Waals surface area (Å²) in [7, 11) is 1.62. The van der Waals surface area contributed by atoms with Crippen LogP contribution in [-0.2, 0) is 16.9 Å². The summed E-state index contributed by atoms with van der Waals surface area (Å²) in [4.78, 5) is 14.2. The SMILES string of the molecule is C=CCOc1c(CN2CCC(NC(C)=O)(c3ccccc3F)CC2)cccc1OC. The summed E-state index contributed by atoms with van der Waals surface area (Å²) < 4.78 is 25.9.